The van der Waals surface area contributed by atoms with Crippen LogP contribution in [0.2, 0.25) is 0 Å². The molecule has 0 fully saturated rings. The van der Waals surface area contributed by atoms with Crippen molar-refractivity contribution in [2.45, 2.75) is 13.8 Å². The molecule has 1 N–H and O–H groups in total. The number of fused-ring (bicyclic) bond motifs is 1. The highest BCUT2D eigenvalue weighted by molar-refractivity contribution is 6.06. The Balaban J connectivity index is 1.92. The number of halogens is 1. The molecule has 4 nitrogen and oxygen atoms in total. The minimum absolute atomic E-state index is 0.206. The summed E-state index contributed by atoms with van der Waals surface area (Å²) in [5.74, 6) is 0.103. The van der Waals surface area contributed by atoms with Crippen LogP contribution in [0, 0.1) is 12.7 Å². The molecule has 0 bridgehead atoms. The zero-order valence-electron chi connectivity index (χ0n) is 12.9. The quantitative estimate of drug-likeness (QED) is 0.770. The second-order valence-corrected chi connectivity index (χ2v) is 5.11. The summed E-state index contributed by atoms with van der Waals surface area (Å²) in [5, 5.41) is 3.46. The minimum Gasteiger partial charge on any atom is -0.494 e. The first-order valence-electron chi connectivity index (χ1n) is 7.31. The third-order valence-corrected chi connectivity index (χ3v) is 3.51. The van der Waals surface area contributed by atoms with Crippen molar-refractivity contribution in [3.63, 3.8) is 0 Å². The maximum atomic E-state index is 13.2. The van der Waals surface area contributed by atoms with E-state index >= 15 is 0 Å². The first-order valence-corrected chi connectivity index (χ1v) is 7.31. The van der Waals surface area contributed by atoms with Gasteiger partial charge in [-0.1, -0.05) is 6.07 Å². The van der Waals surface area contributed by atoms with Gasteiger partial charge in [0, 0.05) is 16.6 Å². The highest BCUT2D eigenvalue weighted by Crippen LogP contribution is 2.29. The molecule has 0 saturated carbocycles. The lowest BCUT2D eigenvalue weighted by molar-refractivity contribution is 0.0998. The second-order valence-electron chi connectivity index (χ2n) is 5.11. The summed E-state index contributed by atoms with van der Waals surface area (Å²) in [4.78, 5) is 12.4. The van der Waals surface area contributed by atoms with Crippen LogP contribution in [-0.2, 0) is 0 Å². The van der Waals surface area contributed by atoms with Crippen LogP contribution >= 0.6 is 0 Å². The van der Waals surface area contributed by atoms with Crippen LogP contribution < -0.4 is 10.1 Å². The predicted molar refractivity (Wildman–Crippen MR) is 86.5 cm³/mol. The second kappa shape index (κ2) is 6.12. The highest BCUT2D eigenvalue weighted by atomic mass is 19.1. The van der Waals surface area contributed by atoms with E-state index in [0.717, 1.165) is 16.7 Å². The summed E-state index contributed by atoms with van der Waals surface area (Å²) >= 11 is 0. The Morgan fingerprint density at radius 2 is 2.09 bits per heavy atom. The fourth-order valence-electron chi connectivity index (χ4n) is 2.43. The van der Waals surface area contributed by atoms with Crippen LogP contribution in [0.1, 0.15) is 23.0 Å². The Bertz CT molecular complexity index is 870. The molecule has 0 spiro atoms. The van der Waals surface area contributed by atoms with Gasteiger partial charge in [0.25, 0.3) is 5.91 Å². The summed E-state index contributed by atoms with van der Waals surface area (Å²) in [6.07, 6.45) is 0. The molecule has 5 heteroatoms. The zero-order valence-corrected chi connectivity index (χ0v) is 12.9. The predicted octanol–water partition coefficient (Wildman–Crippen LogP) is 4.53. The molecule has 2 aromatic carbocycles. The number of rotatable bonds is 4. The van der Waals surface area contributed by atoms with Crippen LogP contribution in [0.5, 0.6) is 5.75 Å². The Labute approximate surface area is 132 Å². The molecule has 1 aromatic heterocycles. The fourth-order valence-corrected chi connectivity index (χ4v) is 2.43. The molecule has 3 aromatic rings. The Hall–Kier alpha value is -2.82. The smallest absolute Gasteiger partial charge is 0.291 e. The number of nitrogens with one attached hydrogen (secondary N) is 1. The summed E-state index contributed by atoms with van der Waals surface area (Å²) in [5.41, 5.74) is 1.70. The number of carbonyl (C=O) groups excluding carboxylic acids is 1. The number of carbonyl (C=O) groups is 1. The molecular formula is C18H16FNO3. The molecule has 0 unspecified atom stereocenters. The van der Waals surface area contributed by atoms with Gasteiger partial charge < -0.3 is 14.5 Å². The van der Waals surface area contributed by atoms with E-state index in [9.17, 15) is 9.18 Å². The number of hydrogen-bond acceptors (Lipinski definition) is 3. The molecule has 0 aliphatic heterocycles. The summed E-state index contributed by atoms with van der Waals surface area (Å²) in [6.45, 7) is 4.28. The minimum atomic E-state index is -0.415. The van der Waals surface area contributed by atoms with Gasteiger partial charge >= 0.3 is 0 Å². The van der Waals surface area contributed by atoms with Gasteiger partial charge in [0.1, 0.15) is 17.1 Å². The first-order chi connectivity index (χ1) is 11.1. The maximum absolute atomic E-state index is 13.2. The largest absolute Gasteiger partial charge is 0.494 e. The van der Waals surface area contributed by atoms with Crippen LogP contribution in [0.3, 0.4) is 0 Å². The molecule has 3 rings (SSSR count). The van der Waals surface area contributed by atoms with E-state index in [2.05, 4.69) is 5.32 Å². The zero-order chi connectivity index (χ0) is 16.4. The lowest BCUT2D eigenvalue weighted by Gasteiger charge is -2.03. The number of benzene rings is 2. The van der Waals surface area contributed by atoms with Gasteiger partial charge in [-0.2, -0.15) is 0 Å². The van der Waals surface area contributed by atoms with Crippen molar-refractivity contribution in [1.29, 1.82) is 0 Å². The van der Waals surface area contributed by atoms with Crippen molar-refractivity contribution >= 4 is 22.6 Å². The average molecular weight is 313 g/mol. The van der Waals surface area contributed by atoms with Crippen LogP contribution in [0.15, 0.2) is 46.9 Å². The molecule has 1 heterocycles. The monoisotopic (exact) mass is 313 g/mol. The van der Waals surface area contributed by atoms with E-state index in [1.807, 2.05) is 19.9 Å². The average Bonchev–Trinajstić information content (AvgIpc) is 2.85. The molecule has 0 aliphatic rings. The first kappa shape index (κ1) is 15.1. The van der Waals surface area contributed by atoms with Gasteiger partial charge in [-0.15, -0.1) is 0 Å². The number of ether oxygens (including phenoxy) is 1. The topological polar surface area (TPSA) is 51.5 Å². The van der Waals surface area contributed by atoms with Gasteiger partial charge in [0.05, 0.1) is 6.61 Å². The fraction of sp³-hybridized carbons (Fsp3) is 0.167. The molecule has 0 saturated heterocycles. The van der Waals surface area contributed by atoms with E-state index in [0.29, 0.717) is 17.9 Å². The van der Waals surface area contributed by atoms with Crippen LogP contribution in [0.25, 0.3) is 11.0 Å². The summed E-state index contributed by atoms with van der Waals surface area (Å²) in [7, 11) is 0. The number of anilines is 1. The third-order valence-electron chi connectivity index (χ3n) is 3.51. The lowest BCUT2D eigenvalue weighted by Crippen LogP contribution is -2.12. The molecule has 0 atom stereocenters. The van der Waals surface area contributed by atoms with Crippen molar-refractivity contribution in [3.8, 4) is 5.75 Å². The van der Waals surface area contributed by atoms with Gasteiger partial charge in [-0.05, 0) is 50.2 Å². The van der Waals surface area contributed by atoms with Crippen molar-refractivity contribution in [2.75, 3.05) is 11.9 Å². The van der Waals surface area contributed by atoms with E-state index in [4.69, 9.17) is 9.15 Å². The Morgan fingerprint density at radius 1 is 1.26 bits per heavy atom. The van der Waals surface area contributed by atoms with Crippen molar-refractivity contribution in [1.82, 2.24) is 0 Å². The lowest BCUT2D eigenvalue weighted by atomic mass is 10.1. The number of furan rings is 1. The standard InChI is InChI=1S/C18H16FNO3/c1-3-22-14-7-8-16-15(10-14)11(2)17(23-16)18(21)20-13-6-4-5-12(19)9-13/h4-10H,3H2,1-2H3,(H,20,21). The van der Waals surface area contributed by atoms with E-state index in [-0.39, 0.29) is 5.76 Å². The van der Waals surface area contributed by atoms with Crippen molar-refractivity contribution in [2.24, 2.45) is 0 Å². The Kier molecular flexibility index (Phi) is 4.02. The Morgan fingerprint density at radius 3 is 2.83 bits per heavy atom. The molecule has 0 radical (unpaired) electrons. The van der Waals surface area contributed by atoms with Gasteiger partial charge in [0.2, 0.25) is 0 Å². The van der Waals surface area contributed by atoms with Gasteiger partial charge in [-0.25, -0.2) is 4.39 Å². The molecule has 23 heavy (non-hydrogen) atoms. The maximum Gasteiger partial charge on any atom is 0.291 e. The van der Waals surface area contributed by atoms with E-state index < -0.39 is 11.7 Å². The van der Waals surface area contributed by atoms with E-state index in [1.54, 1.807) is 18.2 Å². The molecule has 118 valence electrons. The van der Waals surface area contributed by atoms with Crippen LogP contribution in [0.4, 0.5) is 10.1 Å². The van der Waals surface area contributed by atoms with Crippen LogP contribution in [-0.4, -0.2) is 12.5 Å². The summed E-state index contributed by atoms with van der Waals surface area (Å²) < 4.78 is 24.3. The third kappa shape index (κ3) is 3.04. The molecule has 1 amide bonds. The van der Waals surface area contributed by atoms with Crippen molar-refractivity contribution < 1.29 is 18.3 Å². The highest BCUT2D eigenvalue weighted by Gasteiger charge is 2.18. The number of hydrogen-bond donors (Lipinski definition) is 1. The normalized spacial score (nSPS) is 10.7. The van der Waals surface area contributed by atoms with Crippen molar-refractivity contribution in [3.05, 3.63) is 59.6 Å². The summed E-state index contributed by atoms with van der Waals surface area (Å²) in [6, 6.07) is 11.1. The number of aryl methyl sites for hydroxylation is 1. The number of amides is 1. The molecular weight excluding hydrogens is 297 g/mol. The van der Waals surface area contributed by atoms with Gasteiger partial charge in [0.15, 0.2) is 5.76 Å². The van der Waals surface area contributed by atoms with Gasteiger partial charge in [-0.3, -0.25) is 4.79 Å². The van der Waals surface area contributed by atoms with E-state index in [1.165, 1.54) is 18.2 Å². The molecule has 0 aliphatic carbocycles. The SMILES string of the molecule is CCOc1ccc2oc(C(=O)Nc3cccc(F)c3)c(C)c2c1.